The zero-order valence-electron chi connectivity index (χ0n) is 22.7. The van der Waals surface area contributed by atoms with Gasteiger partial charge in [-0.1, -0.05) is 18.2 Å². The first-order valence-electron chi connectivity index (χ1n) is 12.7. The monoisotopic (exact) mass is 543 g/mol. The molecule has 206 valence electrons. The van der Waals surface area contributed by atoms with Gasteiger partial charge in [0.05, 0.1) is 17.5 Å². The second-order valence-corrected chi connectivity index (χ2v) is 9.63. The van der Waals surface area contributed by atoms with E-state index in [9.17, 15) is 10.1 Å². The molecule has 0 aliphatic heterocycles. The molecule has 1 amide bonds. The van der Waals surface area contributed by atoms with Crippen LogP contribution in [-0.4, -0.2) is 43.9 Å². The molecule has 0 bridgehead atoms. The van der Waals surface area contributed by atoms with Crippen molar-refractivity contribution in [3.05, 3.63) is 72.3 Å². The highest BCUT2D eigenvalue weighted by Gasteiger charge is 2.23. The lowest BCUT2D eigenvalue weighted by Crippen LogP contribution is -2.37. The van der Waals surface area contributed by atoms with Crippen LogP contribution in [0.15, 0.2) is 66.5 Å². The fourth-order valence-electron chi connectivity index (χ4n) is 4.24. The Morgan fingerprint density at radius 2 is 1.98 bits per heavy atom. The highest BCUT2D eigenvalue weighted by Crippen LogP contribution is 2.34. The van der Waals surface area contributed by atoms with Gasteiger partial charge >= 0.3 is 0 Å². The molecule has 0 radical (unpaired) electrons. The van der Waals surface area contributed by atoms with Crippen molar-refractivity contribution in [2.45, 2.75) is 45.9 Å². The number of fused-ring (bicyclic) bond motifs is 1. The van der Waals surface area contributed by atoms with E-state index in [0.717, 1.165) is 0 Å². The lowest BCUT2D eigenvalue weighted by molar-refractivity contribution is -0.117. The van der Waals surface area contributed by atoms with Gasteiger partial charge < -0.3 is 20.5 Å². The van der Waals surface area contributed by atoms with Crippen molar-refractivity contribution in [3.63, 3.8) is 0 Å². The number of nitrogens with zero attached hydrogens (tertiary/aromatic N) is 5. The fraction of sp³-hybridized carbons (Fsp3) is 0.276. The van der Waals surface area contributed by atoms with E-state index in [4.69, 9.17) is 15.2 Å². The van der Waals surface area contributed by atoms with Crippen LogP contribution in [0.1, 0.15) is 27.7 Å². The number of nitrogens with one attached hydrogen (secondary N) is 1. The van der Waals surface area contributed by atoms with Gasteiger partial charge in [0, 0.05) is 24.3 Å². The summed E-state index contributed by atoms with van der Waals surface area (Å²) >= 11 is 0. The Balaban J connectivity index is 1.60. The van der Waals surface area contributed by atoms with E-state index in [0.29, 0.717) is 29.1 Å². The number of para-hydroxylation sites is 1. The maximum absolute atomic E-state index is 15.3. The van der Waals surface area contributed by atoms with E-state index in [1.54, 1.807) is 45.0 Å². The molecule has 0 saturated heterocycles. The Morgan fingerprint density at radius 1 is 1.23 bits per heavy atom. The summed E-state index contributed by atoms with van der Waals surface area (Å²) in [6, 6.07) is 15.0. The molecule has 11 heteroatoms. The molecule has 3 N–H and O–H groups in total. The van der Waals surface area contributed by atoms with E-state index in [1.165, 1.54) is 23.2 Å². The summed E-state index contributed by atoms with van der Waals surface area (Å²) in [4.78, 5) is 21.2. The normalized spacial score (nSPS) is 12.7. The minimum Gasteiger partial charge on any atom is -0.457 e. The maximum Gasteiger partial charge on any atom is 0.261 e. The number of nitrogen functional groups attached to an aromatic ring is 1. The molecular formula is C29H30FN7O3. The quantitative estimate of drug-likeness (QED) is 0.215. The van der Waals surface area contributed by atoms with Crippen LogP contribution in [0.5, 0.6) is 11.5 Å². The van der Waals surface area contributed by atoms with Crippen LogP contribution in [-0.2, 0) is 16.1 Å². The summed E-state index contributed by atoms with van der Waals surface area (Å²) in [5.41, 5.74) is 6.14. The number of carbonyl (C=O) groups is 1. The molecule has 2 aromatic heterocycles. The predicted molar refractivity (Wildman–Crippen MR) is 149 cm³/mol. The Morgan fingerprint density at radius 3 is 2.65 bits per heavy atom. The van der Waals surface area contributed by atoms with Gasteiger partial charge in [-0.25, -0.2) is 19.0 Å². The molecule has 0 spiro atoms. The van der Waals surface area contributed by atoms with Crippen molar-refractivity contribution < 1.29 is 18.7 Å². The van der Waals surface area contributed by atoms with Crippen molar-refractivity contribution in [2.75, 3.05) is 12.3 Å². The molecule has 0 saturated carbocycles. The number of carbonyl (C=O) groups excluding carboxylic acids is 1. The number of nitrogens with two attached hydrogens (primary N) is 1. The van der Waals surface area contributed by atoms with Crippen LogP contribution >= 0.6 is 0 Å². The summed E-state index contributed by atoms with van der Waals surface area (Å²) in [7, 11) is 0. The van der Waals surface area contributed by atoms with E-state index in [-0.39, 0.29) is 29.2 Å². The summed E-state index contributed by atoms with van der Waals surface area (Å²) in [6.45, 7) is 7.74. The fourth-order valence-corrected chi connectivity index (χ4v) is 4.24. The number of anilines is 1. The highest BCUT2D eigenvalue weighted by atomic mass is 19.1. The number of rotatable bonds is 10. The third kappa shape index (κ3) is 6.42. The molecule has 2 heterocycles. The van der Waals surface area contributed by atoms with Gasteiger partial charge in [0.2, 0.25) is 0 Å². The van der Waals surface area contributed by atoms with Gasteiger partial charge in [-0.15, -0.1) is 0 Å². The predicted octanol–water partition coefficient (Wildman–Crippen LogP) is 4.78. The first-order valence-corrected chi connectivity index (χ1v) is 12.7. The molecule has 0 unspecified atom stereocenters. The highest BCUT2D eigenvalue weighted by molar-refractivity contribution is 5.99. The molecule has 40 heavy (non-hydrogen) atoms. The average molecular weight is 544 g/mol. The van der Waals surface area contributed by atoms with Crippen LogP contribution in [0.25, 0.3) is 22.3 Å². The van der Waals surface area contributed by atoms with Gasteiger partial charge in [0.1, 0.15) is 46.8 Å². The van der Waals surface area contributed by atoms with E-state index in [1.807, 2.05) is 31.2 Å². The lowest BCUT2D eigenvalue weighted by Gasteiger charge is -2.21. The molecule has 0 aliphatic carbocycles. The third-order valence-electron chi connectivity index (χ3n) is 5.93. The zero-order chi connectivity index (χ0) is 28.9. The first-order chi connectivity index (χ1) is 19.1. The molecule has 4 rings (SSSR count). The van der Waals surface area contributed by atoms with Crippen molar-refractivity contribution in [1.29, 1.82) is 5.26 Å². The summed E-state index contributed by atoms with van der Waals surface area (Å²) in [6.07, 6.45) is 2.78. The summed E-state index contributed by atoms with van der Waals surface area (Å²) in [5.74, 6) is -0.0710. The van der Waals surface area contributed by atoms with Gasteiger partial charge in [0.25, 0.3) is 5.91 Å². The Hall–Kier alpha value is -4.82. The van der Waals surface area contributed by atoms with E-state index in [2.05, 4.69) is 20.4 Å². The number of halogens is 1. The topological polar surface area (TPSA) is 141 Å². The summed E-state index contributed by atoms with van der Waals surface area (Å²) in [5, 5.41) is 17.3. The zero-order valence-corrected chi connectivity index (χ0v) is 22.7. The molecule has 10 nitrogen and oxygen atoms in total. The Bertz CT molecular complexity index is 1590. The molecule has 4 aromatic rings. The Labute approximate surface area is 231 Å². The van der Waals surface area contributed by atoms with Gasteiger partial charge in [-0.2, -0.15) is 10.4 Å². The minimum atomic E-state index is -0.784. The standard InChI is InChI=1S/C29H30FN7O3/c1-5-39-29(3,4)14-19(15-31)28(38)35-18(2)16-37-27-24(26(32)33-17-34-27)25(36-37)22-12-11-21(13-23(22)30)40-20-9-7-6-8-10-20/h6-14,17-18H,5,16H2,1-4H3,(H,35,38)(H2,32,33,34)/b19-14+/t18-/m1/s1. The minimum absolute atomic E-state index is 0.0669. The van der Waals surface area contributed by atoms with Crippen LogP contribution < -0.4 is 15.8 Å². The van der Waals surface area contributed by atoms with Crippen molar-refractivity contribution >= 4 is 22.8 Å². The molecule has 0 aliphatic rings. The van der Waals surface area contributed by atoms with Crippen molar-refractivity contribution in [3.8, 4) is 28.8 Å². The number of aromatic nitrogens is 4. The number of benzene rings is 2. The maximum atomic E-state index is 15.3. The largest absolute Gasteiger partial charge is 0.457 e. The first kappa shape index (κ1) is 28.2. The Kier molecular flexibility index (Phi) is 8.40. The number of hydrogen-bond acceptors (Lipinski definition) is 8. The van der Waals surface area contributed by atoms with Gasteiger partial charge in [-0.3, -0.25) is 4.79 Å². The van der Waals surface area contributed by atoms with Gasteiger partial charge in [-0.05, 0) is 58.0 Å². The van der Waals surface area contributed by atoms with Crippen LogP contribution in [0.4, 0.5) is 10.2 Å². The molecule has 1 atom stereocenters. The number of hydrogen-bond donors (Lipinski definition) is 2. The van der Waals surface area contributed by atoms with E-state index < -0.39 is 23.4 Å². The number of amides is 1. The SMILES string of the molecule is CCOC(C)(C)/C=C(\C#N)C(=O)N[C@H](C)Cn1nc(-c2ccc(Oc3ccccc3)cc2F)c2c(N)ncnc21. The van der Waals surface area contributed by atoms with Gasteiger partial charge in [0.15, 0.2) is 5.65 Å². The number of nitriles is 1. The third-order valence-corrected chi connectivity index (χ3v) is 5.93. The summed E-state index contributed by atoms with van der Waals surface area (Å²) < 4.78 is 28.2. The average Bonchev–Trinajstić information content (AvgIpc) is 3.26. The molecule has 0 fully saturated rings. The molecule has 2 aromatic carbocycles. The van der Waals surface area contributed by atoms with Crippen molar-refractivity contribution in [2.24, 2.45) is 0 Å². The van der Waals surface area contributed by atoms with Crippen LogP contribution in [0.2, 0.25) is 0 Å². The van der Waals surface area contributed by atoms with Crippen LogP contribution in [0, 0.1) is 17.1 Å². The van der Waals surface area contributed by atoms with Crippen molar-refractivity contribution in [1.82, 2.24) is 25.1 Å². The second kappa shape index (κ2) is 11.9. The van der Waals surface area contributed by atoms with Crippen LogP contribution in [0.3, 0.4) is 0 Å². The smallest absolute Gasteiger partial charge is 0.261 e. The number of ether oxygens (including phenoxy) is 2. The lowest BCUT2D eigenvalue weighted by atomic mass is 10.0. The molecular weight excluding hydrogens is 513 g/mol. The van der Waals surface area contributed by atoms with E-state index >= 15 is 4.39 Å². The second-order valence-electron chi connectivity index (χ2n) is 9.63.